The summed E-state index contributed by atoms with van der Waals surface area (Å²) in [6.07, 6.45) is 1.42. The second-order valence-electron chi connectivity index (χ2n) is 4.45. The zero-order valence-corrected chi connectivity index (χ0v) is 12.0. The van der Waals surface area contributed by atoms with Crippen molar-refractivity contribution in [3.05, 3.63) is 53.0 Å². The molecule has 0 spiro atoms. The Labute approximate surface area is 125 Å². The lowest BCUT2D eigenvalue weighted by atomic mass is 10.0. The zero-order valence-electron chi connectivity index (χ0n) is 11.1. The Bertz CT molecular complexity index is 709. The molecule has 0 atom stereocenters. The molecular weight excluding hydrogens is 286 g/mol. The molecule has 3 aromatic rings. The largest absolute Gasteiger partial charge is 0.350 e. The molecule has 0 radical (unpaired) electrons. The van der Waals surface area contributed by atoms with Gasteiger partial charge in [-0.15, -0.1) is 5.10 Å². The number of thiophene rings is 1. The molecular formula is C14H13N5OS. The normalized spacial score (nSPS) is 10.5. The molecule has 0 aliphatic rings. The number of hydrogen-bond acceptors (Lipinski definition) is 5. The molecule has 0 aliphatic carbocycles. The van der Waals surface area contributed by atoms with Crippen molar-refractivity contribution in [3.8, 4) is 11.1 Å². The van der Waals surface area contributed by atoms with E-state index in [9.17, 15) is 4.79 Å². The first kappa shape index (κ1) is 13.4. The summed E-state index contributed by atoms with van der Waals surface area (Å²) < 4.78 is 1.39. The molecule has 21 heavy (non-hydrogen) atoms. The second-order valence-corrected chi connectivity index (χ2v) is 5.23. The number of tetrazole rings is 1. The Morgan fingerprint density at radius 1 is 1.29 bits per heavy atom. The molecule has 0 bridgehead atoms. The van der Waals surface area contributed by atoms with Crippen LogP contribution in [0.4, 0.5) is 0 Å². The fourth-order valence-electron chi connectivity index (χ4n) is 2.02. The van der Waals surface area contributed by atoms with Crippen molar-refractivity contribution in [2.45, 2.75) is 13.1 Å². The van der Waals surface area contributed by atoms with E-state index in [1.165, 1.54) is 16.6 Å². The second kappa shape index (κ2) is 6.27. The summed E-state index contributed by atoms with van der Waals surface area (Å²) in [7, 11) is 0. The number of carbonyl (C=O) groups is 1. The van der Waals surface area contributed by atoms with Gasteiger partial charge in [-0.3, -0.25) is 4.79 Å². The monoisotopic (exact) mass is 299 g/mol. The van der Waals surface area contributed by atoms with Gasteiger partial charge in [0, 0.05) is 6.54 Å². The molecule has 0 saturated carbocycles. The maximum Gasteiger partial charge on any atom is 0.242 e. The van der Waals surface area contributed by atoms with Gasteiger partial charge < -0.3 is 5.32 Å². The summed E-state index contributed by atoms with van der Waals surface area (Å²) in [5.41, 5.74) is 3.40. The molecule has 7 heteroatoms. The van der Waals surface area contributed by atoms with Gasteiger partial charge in [0.05, 0.1) is 0 Å². The fraction of sp³-hybridized carbons (Fsp3) is 0.143. The minimum absolute atomic E-state index is 0.119. The predicted molar refractivity (Wildman–Crippen MR) is 79.4 cm³/mol. The number of aromatic nitrogens is 4. The Hall–Kier alpha value is -2.54. The molecule has 0 aliphatic heterocycles. The van der Waals surface area contributed by atoms with Crippen LogP contribution in [0.15, 0.2) is 47.4 Å². The summed E-state index contributed by atoms with van der Waals surface area (Å²) in [6, 6.07) is 10.1. The molecule has 1 N–H and O–H groups in total. The summed E-state index contributed by atoms with van der Waals surface area (Å²) in [5, 5.41) is 17.7. The van der Waals surface area contributed by atoms with Crippen LogP contribution in [0.25, 0.3) is 11.1 Å². The first-order chi connectivity index (χ1) is 10.3. The topological polar surface area (TPSA) is 72.7 Å². The molecule has 1 aromatic carbocycles. The molecule has 3 rings (SSSR count). The number of benzene rings is 1. The van der Waals surface area contributed by atoms with Crippen LogP contribution in [0, 0.1) is 0 Å². The van der Waals surface area contributed by atoms with Gasteiger partial charge in [0.15, 0.2) is 0 Å². The number of hydrogen-bond donors (Lipinski definition) is 1. The molecule has 1 amide bonds. The van der Waals surface area contributed by atoms with Crippen molar-refractivity contribution in [2.75, 3.05) is 0 Å². The van der Waals surface area contributed by atoms with Crippen LogP contribution in [0.5, 0.6) is 0 Å². The minimum atomic E-state index is -0.123. The van der Waals surface area contributed by atoms with Gasteiger partial charge in [-0.1, -0.05) is 24.3 Å². The van der Waals surface area contributed by atoms with Crippen LogP contribution in [0.2, 0.25) is 0 Å². The van der Waals surface area contributed by atoms with Crippen molar-refractivity contribution in [1.29, 1.82) is 0 Å². The van der Waals surface area contributed by atoms with E-state index < -0.39 is 0 Å². The van der Waals surface area contributed by atoms with Crippen molar-refractivity contribution < 1.29 is 4.79 Å². The van der Waals surface area contributed by atoms with Crippen LogP contribution in [-0.2, 0) is 17.9 Å². The SMILES string of the molecule is O=C(Cn1cnnn1)NCc1ccccc1-c1ccsc1. The summed E-state index contributed by atoms with van der Waals surface area (Å²) >= 11 is 1.66. The van der Waals surface area contributed by atoms with E-state index in [2.05, 4.69) is 38.4 Å². The average molecular weight is 299 g/mol. The highest BCUT2D eigenvalue weighted by atomic mass is 32.1. The third-order valence-corrected chi connectivity index (χ3v) is 3.71. The third-order valence-electron chi connectivity index (χ3n) is 3.02. The maximum atomic E-state index is 11.9. The van der Waals surface area contributed by atoms with E-state index in [0.717, 1.165) is 11.1 Å². The van der Waals surface area contributed by atoms with Crippen LogP contribution in [0.1, 0.15) is 5.56 Å². The Kier molecular flexibility index (Phi) is 4.02. The zero-order chi connectivity index (χ0) is 14.5. The Morgan fingerprint density at radius 2 is 2.19 bits per heavy atom. The number of nitrogens with zero attached hydrogens (tertiary/aromatic N) is 4. The van der Waals surface area contributed by atoms with Gasteiger partial charge >= 0.3 is 0 Å². The number of nitrogens with one attached hydrogen (secondary N) is 1. The quantitative estimate of drug-likeness (QED) is 0.778. The molecule has 0 fully saturated rings. The number of rotatable bonds is 5. The molecule has 106 valence electrons. The fourth-order valence-corrected chi connectivity index (χ4v) is 2.68. The van der Waals surface area contributed by atoms with Gasteiger partial charge in [-0.2, -0.15) is 11.3 Å². The van der Waals surface area contributed by atoms with Gasteiger partial charge in [-0.05, 0) is 43.9 Å². The molecule has 0 unspecified atom stereocenters. The van der Waals surface area contributed by atoms with Gasteiger partial charge in [0.2, 0.25) is 5.91 Å². The van der Waals surface area contributed by atoms with Crippen LogP contribution in [-0.4, -0.2) is 26.1 Å². The van der Waals surface area contributed by atoms with Crippen LogP contribution >= 0.6 is 11.3 Å². The lowest BCUT2D eigenvalue weighted by Crippen LogP contribution is -2.27. The van der Waals surface area contributed by atoms with Gasteiger partial charge in [0.25, 0.3) is 0 Å². The van der Waals surface area contributed by atoms with Gasteiger partial charge in [-0.25, -0.2) is 4.68 Å². The highest BCUT2D eigenvalue weighted by Crippen LogP contribution is 2.25. The van der Waals surface area contributed by atoms with E-state index in [1.807, 2.05) is 23.6 Å². The summed E-state index contributed by atoms with van der Waals surface area (Å²) in [4.78, 5) is 11.9. The van der Waals surface area contributed by atoms with Gasteiger partial charge in [0.1, 0.15) is 12.9 Å². The van der Waals surface area contributed by atoms with Crippen molar-refractivity contribution in [2.24, 2.45) is 0 Å². The lowest BCUT2D eigenvalue weighted by Gasteiger charge is -2.09. The molecule has 2 heterocycles. The van der Waals surface area contributed by atoms with E-state index >= 15 is 0 Å². The third kappa shape index (κ3) is 3.32. The molecule has 6 nitrogen and oxygen atoms in total. The molecule has 0 saturated heterocycles. The smallest absolute Gasteiger partial charge is 0.242 e. The minimum Gasteiger partial charge on any atom is -0.350 e. The van der Waals surface area contributed by atoms with E-state index in [-0.39, 0.29) is 12.5 Å². The Morgan fingerprint density at radius 3 is 2.95 bits per heavy atom. The molecule has 2 aromatic heterocycles. The first-order valence-electron chi connectivity index (χ1n) is 6.41. The standard InChI is InChI=1S/C14H13N5OS/c20-14(8-19-10-16-17-18-19)15-7-11-3-1-2-4-13(11)12-5-6-21-9-12/h1-6,9-10H,7-8H2,(H,15,20). The van der Waals surface area contributed by atoms with Crippen LogP contribution < -0.4 is 5.32 Å². The summed E-state index contributed by atoms with van der Waals surface area (Å²) in [6.45, 7) is 0.598. The Balaban J connectivity index is 1.67. The lowest BCUT2D eigenvalue weighted by molar-refractivity contribution is -0.122. The first-order valence-corrected chi connectivity index (χ1v) is 7.35. The summed E-state index contributed by atoms with van der Waals surface area (Å²) in [5.74, 6) is -0.123. The number of carbonyl (C=O) groups excluding carboxylic acids is 1. The number of amides is 1. The van der Waals surface area contributed by atoms with Crippen molar-refractivity contribution in [1.82, 2.24) is 25.5 Å². The van der Waals surface area contributed by atoms with E-state index in [4.69, 9.17) is 0 Å². The average Bonchev–Trinajstić information content (AvgIpc) is 3.18. The predicted octanol–water partition coefficient (Wildman–Crippen LogP) is 1.72. The van der Waals surface area contributed by atoms with E-state index in [0.29, 0.717) is 6.54 Å². The highest BCUT2D eigenvalue weighted by molar-refractivity contribution is 7.08. The van der Waals surface area contributed by atoms with Crippen molar-refractivity contribution >= 4 is 17.2 Å². The van der Waals surface area contributed by atoms with Crippen molar-refractivity contribution in [3.63, 3.8) is 0 Å². The highest BCUT2D eigenvalue weighted by Gasteiger charge is 2.07. The van der Waals surface area contributed by atoms with E-state index in [1.54, 1.807) is 11.3 Å². The van der Waals surface area contributed by atoms with Crippen LogP contribution in [0.3, 0.4) is 0 Å². The maximum absolute atomic E-state index is 11.9.